The number of rotatable bonds is 2. The minimum absolute atomic E-state index is 0.0933. The van der Waals surface area contributed by atoms with Crippen LogP contribution in [0.5, 0.6) is 0 Å². The lowest BCUT2D eigenvalue weighted by Crippen LogP contribution is -2.40. The molecule has 22 heavy (non-hydrogen) atoms. The molecule has 7 heteroatoms. The first kappa shape index (κ1) is 15.4. The van der Waals surface area contributed by atoms with Gasteiger partial charge in [0.15, 0.2) is 0 Å². The number of likely N-dealkylation sites (N-methyl/N-ethyl adjacent to an activating group) is 1. The van der Waals surface area contributed by atoms with Crippen molar-refractivity contribution in [1.29, 1.82) is 0 Å². The van der Waals surface area contributed by atoms with E-state index in [-0.39, 0.29) is 28.9 Å². The van der Waals surface area contributed by atoms with E-state index >= 15 is 0 Å². The summed E-state index contributed by atoms with van der Waals surface area (Å²) in [5, 5.41) is 8.32. The van der Waals surface area contributed by atoms with Crippen LogP contribution in [-0.2, 0) is 4.74 Å². The zero-order valence-corrected chi connectivity index (χ0v) is 13.4. The van der Waals surface area contributed by atoms with Gasteiger partial charge in [-0.2, -0.15) is 0 Å². The van der Waals surface area contributed by atoms with Crippen LogP contribution in [0.3, 0.4) is 0 Å². The quantitative estimate of drug-likeness (QED) is 0.848. The van der Waals surface area contributed by atoms with Crippen molar-refractivity contribution in [3.8, 4) is 11.5 Å². The molecular formula is C15H17ClFN3O2. The molecule has 2 heterocycles. The molecule has 0 radical (unpaired) electrons. The molecule has 0 aliphatic carbocycles. The van der Waals surface area contributed by atoms with Crippen molar-refractivity contribution in [2.75, 3.05) is 20.1 Å². The first-order valence-corrected chi connectivity index (χ1v) is 7.45. The van der Waals surface area contributed by atoms with Crippen LogP contribution in [0.15, 0.2) is 16.5 Å². The Morgan fingerprint density at radius 3 is 2.82 bits per heavy atom. The molecule has 0 spiro atoms. The molecular weight excluding hydrogens is 309 g/mol. The second-order valence-electron chi connectivity index (χ2n) is 5.68. The second-order valence-corrected chi connectivity index (χ2v) is 6.09. The fraction of sp³-hybridized carbons (Fsp3) is 0.467. The maximum atomic E-state index is 13.5. The largest absolute Gasteiger partial charge is 0.418 e. The second kappa shape index (κ2) is 5.95. The molecule has 1 aromatic carbocycles. The Bertz CT molecular complexity index is 681. The van der Waals surface area contributed by atoms with Crippen molar-refractivity contribution >= 4 is 11.6 Å². The van der Waals surface area contributed by atoms with Crippen LogP contribution in [0.25, 0.3) is 11.5 Å². The van der Waals surface area contributed by atoms with E-state index in [0.717, 1.165) is 6.54 Å². The van der Waals surface area contributed by atoms with E-state index < -0.39 is 0 Å². The number of hydrogen-bond donors (Lipinski definition) is 0. The minimum atomic E-state index is -0.362. The smallest absolute Gasteiger partial charge is 0.249 e. The van der Waals surface area contributed by atoms with Gasteiger partial charge in [0.05, 0.1) is 16.7 Å². The van der Waals surface area contributed by atoms with Gasteiger partial charge in [-0.1, -0.05) is 11.6 Å². The summed E-state index contributed by atoms with van der Waals surface area (Å²) in [6.07, 6.45) is -0.175. The Morgan fingerprint density at radius 1 is 1.32 bits per heavy atom. The number of morpholine rings is 1. The summed E-state index contributed by atoms with van der Waals surface area (Å²) in [5.74, 6) is 0.318. The average molecular weight is 326 g/mol. The molecule has 118 valence electrons. The predicted molar refractivity (Wildman–Crippen MR) is 80.2 cm³/mol. The van der Waals surface area contributed by atoms with Crippen molar-refractivity contribution < 1.29 is 13.5 Å². The zero-order valence-electron chi connectivity index (χ0n) is 12.6. The Morgan fingerprint density at radius 2 is 2.09 bits per heavy atom. The molecule has 2 atom stereocenters. The highest BCUT2D eigenvalue weighted by Crippen LogP contribution is 2.31. The molecule has 0 amide bonds. The number of hydrogen-bond acceptors (Lipinski definition) is 5. The van der Waals surface area contributed by atoms with Gasteiger partial charge in [0.2, 0.25) is 11.8 Å². The summed E-state index contributed by atoms with van der Waals surface area (Å²) >= 11 is 6.07. The lowest BCUT2D eigenvalue weighted by atomic mass is 10.1. The average Bonchev–Trinajstić information content (AvgIpc) is 2.91. The Hall–Kier alpha value is -1.50. The topological polar surface area (TPSA) is 51.4 Å². The molecule has 5 nitrogen and oxygen atoms in total. The number of aromatic nitrogens is 2. The van der Waals surface area contributed by atoms with E-state index in [0.29, 0.717) is 23.6 Å². The molecule has 0 bridgehead atoms. The summed E-state index contributed by atoms with van der Waals surface area (Å²) in [5.41, 5.74) is 0.998. The monoisotopic (exact) mass is 325 g/mol. The normalized spacial score (nSPS) is 23.0. The van der Waals surface area contributed by atoms with E-state index in [1.165, 1.54) is 6.07 Å². The highest BCUT2D eigenvalue weighted by molar-refractivity contribution is 6.33. The van der Waals surface area contributed by atoms with E-state index in [1.807, 2.05) is 14.0 Å². The van der Waals surface area contributed by atoms with Crippen LogP contribution < -0.4 is 0 Å². The molecule has 1 aliphatic rings. The number of aryl methyl sites for hydroxylation is 1. The fourth-order valence-electron chi connectivity index (χ4n) is 2.59. The predicted octanol–water partition coefficient (Wildman–Crippen LogP) is 3.23. The summed E-state index contributed by atoms with van der Waals surface area (Å²) in [6, 6.07) is 2.86. The third-order valence-electron chi connectivity index (χ3n) is 3.64. The van der Waals surface area contributed by atoms with Gasteiger partial charge < -0.3 is 14.1 Å². The number of halogens is 2. The van der Waals surface area contributed by atoms with Crippen molar-refractivity contribution in [2.45, 2.75) is 26.1 Å². The summed E-state index contributed by atoms with van der Waals surface area (Å²) < 4.78 is 25.0. The van der Waals surface area contributed by atoms with E-state index in [9.17, 15) is 4.39 Å². The molecule has 0 unspecified atom stereocenters. The van der Waals surface area contributed by atoms with Gasteiger partial charge in [0.25, 0.3) is 0 Å². The molecule has 3 rings (SSSR count). The van der Waals surface area contributed by atoms with Crippen LogP contribution in [0, 0.1) is 12.7 Å². The minimum Gasteiger partial charge on any atom is -0.418 e. The lowest BCUT2D eigenvalue weighted by Gasteiger charge is -2.32. The summed E-state index contributed by atoms with van der Waals surface area (Å²) in [6.45, 7) is 5.20. The highest BCUT2D eigenvalue weighted by Gasteiger charge is 2.29. The third kappa shape index (κ3) is 2.99. The molecule has 0 saturated carbocycles. The molecule has 1 aliphatic heterocycles. The van der Waals surface area contributed by atoms with Crippen molar-refractivity contribution in [3.05, 3.63) is 34.4 Å². The summed E-state index contributed by atoms with van der Waals surface area (Å²) in [7, 11) is 2.02. The number of nitrogens with zero attached hydrogens (tertiary/aromatic N) is 3. The fourth-order valence-corrected chi connectivity index (χ4v) is 2.83. The Kier molecular flexibility index (Phi) is 4.16. The van der Waals surface area contributed by atoms with Crippen LogP contribution in [0.4, 0.5) is 4.39 Å². The molecule has 1 saturated heterocycles. The highest BCUT2D eigenvalue weighted by atomic mass is 35.5. The van der Waals surface area contributed by atoms with Gasteiger partial charge in [0, 0.05) is 13.1 Å². The number of benzene rings is 1. The number of ether oxygens (including phenoxy) is 1. The van der Waals surface area contributed by atoms with Crippen molar-refractivity contribution in [1.82, 2.24) is 15.1 Å². The van der Waals surface area contributed by atoms with E-state index in [2.05, 4.69) is 15.1 Å². The molecule has 1 fully saturated rings. The lowest BCUT2D eigenvalue weighted by molar-refractivity contribution is -0.0821. The zero-order chi connectivity index (χ0) is 15.9. The van der Waals surface area contributed by atoms with Crippen LogP contribution in [0.1, 0.15) is 24.5 Å². The first-order valence-electron chi connectivity index (χ1n) is 7.07. The Labute approximate surface area is 133 Å². The maximum absolute atomic E-state index is 13.5. The molecule has 0 N–H and O–H groups in total. The van der Waals surface area contributed by atoms with E-state index in [1.54, 1.807) is 13.0 Å². The third-order valence-corrected chi connectivity index (χ3v) is 3.95. The van der Waals surface area contributed by atoms with Gasteiger partial charge in [-0.15, -0.1) is 10.2 Å². The van der Waals surface area contributed by atoms with Gasteiger partial charge in [-0.05, 0) is 38.6 Å². The molecule has 1 aromatic heterocycles. The van der Waals surface area contributed by atoms with Crippen LogP contribution in [-0.4, -0.2) is 41.3 Å². The molecule has 2 aromatic rings. The van der Waals surface area contributed by atoms with Crippen molar-refractivity contribution in [2.24, 2.45) is 0 Å². The van der Waals surface area contributed by atoms with Gasteiger partial charge in [0.1, 0.15) is 11.9 Å². The van der Waals surface area contributed by atoms with Crippen LogP contribution >= 0.6 is 11.6 Å². The van der Waals surface area contributed by atoms with Gasteiger partial charge in [-0.3, -0.25) is 0 Å². The van der Waals surface area contributed by atoms with E-state index in [4.69, 9.17) is 20.8 Å². The maximum Gasteiger partial charge on any atom is 0.249 e. The standard InChI is InChI=1S/C15H17ClFN3O2/c1-8-4-10(11(16)5-12(8)17)14-18-19-15(22-14)13-7-20(3)6-9(2)21-13/h4-5,9,13H,6-7H2,1-3H3/t9-,13-/m1/s1. The Balaban J connectivity index is 1.89. The van der Waals surface area contributed by atoms with Gasteiger partial charge >= 0.3 is 0 Å². The summed E-state index contributed by atoms with van der Waals surface area (Å²) in [4.78, 5) is 2.15. The SMILES string of the molecule is Cc1cc(-c2nnc([C@H]3CN(C)C[C@@H](C)O3)o2)c(Cl)cc1F. The first-order chi connectivity index (χ1) is 10.4. The van der Waals surface area contributed by atoms with Crippen molar-refractivity contribution in [3.63, 3.8) is 0 Å². The van der Waals surface area contributed by atoms with Gasteiger partial charge in [-0.25, -0.2) is 4.39 Å². The van der Waals surface area contributed by atoms with Crippen LogP contribution in [0.2, 0.25) is 5.02 Å².